The Balaban J connectivity index is -0.000000125. The zero-order valence-corrected chi connectivity index (χ0v) is 3.88. The number of aliphatic carboxylic acids is 1. The molecule has 0 aliphatic heterocycles. The van der Waals surface area contributed by atoms with E-state index in [0.29, 0.717) is 0 Å². The standard InChI is InChI=1S/C3H6O3.Na.H2O.H/c1-2(4)3(5)6;;;/h2,4H,1H3,(H,5,6);;1H2;. The number of rotatable bonds is 1. The van der Waals surface area contributed by atoms with Crippen LogP contribution < -0.4 is 0 Å². The van der Waals surface area contributed by atoms with Crippen molar-refractivity contribution in [3.63, 3.8) is 0 Å². The van der Waals surface area contributed by atoms with E-state index in [-0.39, 0.29) is 35.0 Å². The number of carbonyl (C=O) groups is 1. The van der Waals surface area contributed by atoms with Crippen molar-refractivity contribution in [2.45, 2.75) is 13.0 Å². The molecule has 0 rings (SSSR count). The van der Waals surface area contributed by atoms with Crippen LogP contribution in [0, 0.1) is 0 Å². The molecule has 0 saturated carbocycles. The summed E-state index contributed by atoms with van der Waals surface area (Å²) < 4.78 is 0. The Kier molecular flexibility index (Phi) is 14.6. The van der Waals surface area contributed by atoms with E-state index >= 15 is 0 Å². The van der Waals surface area contributed by atoms with Gasteiger partial charge in [0.2, 0.25) is 0 Å². The van der Waals surface area contributed by atoms with Gasteiger partial charge in [-0.15, -0.1) is 0 Å². The van der Waals surface area contributed by atoms with Crippen LogP contribution in [0.1, 0.15) is 6.92 Å². The van der Waals surface area contributed by atoms with Gasteiger partial charge in [-0.2, -0.15) is 0 Å². The van der Waals surface area contributed by atoms with Crippen molar-refractivity contribution in [3.05, 3.63) is 0 Å². The molecule has 0 radical (unpaired) electrons. The molecule has 0 aliphatic carbocycles. The molecule has 5 heteroatoms. The fourth-order valence-electron chi connectivity index (χ4n) is 0. The summed E-state index contributed by atoms with van der Waals surface area (Å²) >= 11 is 0. The minimum atomic E-state index is -1.23. The van der Waals surface area contributed by atoms with E-state index in [1.54, 1.807) is 0 Å². The molecule has 0 heterocycles. The van der Waals surface area contributed by atoms with Crippen LogP contribution in [0.5, 0.6) is 0 Å². The normalized spacial score (nSPS) is 10.2. The summed E-state index contributed by atoms with van der Waals surface area (Å²) in [5.41, 5.74) is 0. The fourth-order valence-corrected chi connectivity index (χ4v) is 0. The fraction of sp³-hybridized carbons (Fsp3) is 0.667. The quantitative estimate of drug-likeness (QED) is 0.403. The Bertz CT molecular complexity index is 62.3. The summed E-state index contributed by atoms with van der Waals surface area (Å²) in [6.45, 7) is 1.20. The molecule has 8 heavy (non-hydrogen) atoms. The second kappa shape index (κ2) is 7.39. The summed E-state index contributed by atoms with van der Waals surface area (Å²) in [6, 6.07) is 0. The van der Waals surface area contributed by atoms with Gasteiger partial charge in [0.05, 0.1) is 0 Å². The second-order valence-corrected chi connectivity index (χ2v) is 1.01. The predicted molar refractivity (Wildman–Crippen MR) is 30.1 cm³/mol. The van der Waals surface area contributed by atoms with E-state index in [2.05, 4.69) is 0 Å². The molecule has 1 unspecified atom stereocenters. The first-order chi connectivity index (χ1) is 2.64. The van der Waals surface area contributed by atoms with E-state index in [9.17, 15) is 4.79 Å². The molecule has 4 N–H and O–H groups in total. The van der Waals surface area contributed by atoms with Gasteiger partial charge in [0, 0.05) is 0 Å². The molecule has 0 spiro atoms. The van der Waals surface area contributed by atoms with Crippen LogP contribution in [0.15, 0.2) is 0 Å². The Hall–Kier alpha value is 0.390. The van der Waals surface area contributed by atoms with Crippen molar-refractivity contribution in [3.8, 4) is 0 Å². The van der Waals surface area contributed by atoms with Crippen LogP contribution in [0.2, 0.25) is 0 Å². The molecule has 0 aromatic rings. The summed E-state index contributed by atoms with van der Waals surface area (Å²) in [7, 11) is 0. The third-order valence-electron chi connectivity index (χ3n) is 0.357. The Morgan fingerprint density at radius 3 is 1.75 bits per heavy atom. The van der Waals surface area contributed by atoms with Crippen LogP contribution in [-0.4, -0.2) is 57.3 Å². The molecular weight excluding hydrogens is 123 g/mol. The van der Waals surface area contributed by atoms with Crippen LogP contribution in [0.4, 0.5) is 0 Å². The molecular formula is C3H9NaO4. The first-order valence-electron chi connectivity index (χ1n) is 1.55. The molecule has 0 aromatic carbocycles. The first-order valence-corrected chi connectivity index (χ1v) is 1.55. The Morgan fingerprint density at radius 1 is 1.62 bits per heavy atom. The summed E-state index contributed by atoms with van der Waals surface area (Å²) in [6.07, 6.45) is -1.23. The molecule has 0 aliphatic rings. The van der Waals surface area contributed by atoms with Gasteiger partial charge in [-0.3, -0.25) is 0 Å². The van der Waals surface area contributed by atoms with E-state index in [4.69, 9.17) is 10.2 Å². The van der Waals surface area contributed by atoms with Gasteiger partial charge in [0.1, 0.15) is 6.10 Å². The molecule has 0 aromatic heterocycles. The van der Waals surface area contributed by atoms with Gasteiger partial charge in [-0.25, -0.2) is 4.79 Å². The maximum absolute atomic E-state index is 9.45. The van der Waals surface area contributed by atoms with Gasteiger partial charge in [0.15, 0.2) is 0 Å². The molecule has 0 bridgehead atoms. The zero-order valence-electron chi connectivity index (χ0n) is 3.88. The van der Waals surface area contributed by atoms with Gasteiger partial charge >= 0.3 is 35.5 Å². The average Bonchev–Trinajstić information content (AvgIpc) is 1.36. The van der Waals surface area contributed by atoms with Crippen molar-refractivity contribution in [1.29, 1.82) is 0 Å². The number of aliphatic hydroxyl groups is 1. The van der Waals surface area contributed by atoms with E-state index < -0.39 is 12.1 Å². The topological polar surface area (TPSA) is 89.0 Å². The number of carboxylic acid groups (broad SMARTS) is 1. The van der Waals surface area contributed by atoms with E-state index in [1.165, 1.54) is 6.92 Å². The Morgan fingerprint density at radius 2 is 1.75 bits per heavy atom. The number of hydrogen-bond acceptors (Lipinski definition) is 2. The molecule has 0 amide bonds. The van der Waals surface area contributed by atoms with Crippen molar-refractivity contribution >= 4 is 35.5 Å². The molecule has 1 atom stereocenters. The van der Waals surface area contributed by atoms with Gasteiger partial charge in [-0.1, -0.05) is 0 Å². The van der Waals surface area contributed by atoms with Crippen LogP contribution in [0.25, 0.3) is 0 Å². The van der Waals surface area contributed by atoms with Crippen molar-refractivity contribution < 1.29 is 20.5 Å². The third-order valence-corrected chi connectivity index (χ3v) is 0.357. The molecule has 46 valence electrons. The zero-order chi connectivity index (χ0) is 5.15. The van der Waals surface area contributed by atoms with Crippen molar-refractivity contribution in [2.24, 2.45) is 0 Å². The van der Waals surface area contributed by atoms with Crippen molar-refractivity contribution in [1.82, 2.24) is 0 Å². The van der Waals surface area contributed by atoms with Crippen LogP contribution in [-0.2, 0) is 4.79 Å². The van der Waals surface area contributed by atoms with Gasteiger partial charge < -0.3 is 15.7 Å². The molecule has 4 nitrogen and oxygen atoms in total. The first kappa shape index (κ1) is 15.8. The average molecular weight is 132 g/mol. The minimum absolute atomic E-state index is 0. The van der Waals surface area contributed by atoms with Gasteiger partial charge in [0.25, 0.3) is 0 Å². The summed E-state index contributed by atoms with van der Waals surface area (Å²) in [5.74, 6) is -1.19. The molecule has 0 fully saturated rings. The van der Waals surface area contributed by atoms with Crippen molar-refractivity contribution in [2.75, 3.05) is 0 Å². The predicted octanol–water partition coefficient (Wildman–Crippen LogP) is -2.02. The molecule has 0 saturated heterocycles. The SMILES string of the molecule is CC(O)C(=O)O.O.[NaH]. The van der Waals surface area contributed by atoms with Crippen LogP contribution in [0.3, 0.4) is 0 Å². The monoisotopic (exact) mass is 132 g/mol. The third kappa shape index (κ3) is 9.63. The number of aliphatic hydroxyl groups excluding tert-OH is 1. The van der Waals surface area contributed by atoms with E-state index in [0.717, 1.165) is 0 Å². The summed E-state index contributed by atoms with van der Waals surface area (Å²) in [4.78, 5) is 9.45. The second-order valence-electron chi connectivity index (χ2n) is 1.01. The Labute approximate surface area is 69.1 Å². The summed E-state index contributed by atoms with van der Waals surface area (Å²) in [5, 5.41) is 15.8. The van der Waals surface area contributed by atoms with Crippen LogP contribution >= 0.6 is 0 Å². The number of hydrogen-bond donors (Lipinski definition) is 2. The van der Waals surface area contributed by atoms with Gasteiger partial charge in [-0.05, 0) is 6.92 Å². The maximum atomic E-state index is 9.45. The number of carboxylic acids is 1. The van der Waals surface area contributed by atoms with E-state index in [1.807, 2.05) is 0 Å².